The lowest BCUT2D eigenvalue weighted by atomic mass is 10.1. The predicted octanol–water partition coefficient (Wildman–Crippen LogP) is 4.40. The Balaban J connectivity index is 1.76. The van der Waals surface area contributed by atoms with E-state index in [1.165, 1.54) is 4.90 Å². The van der Waals surface area contributed by atoms with Crippen LogP contribution >= 0.6 is 15.9 Å². The van der Waals surface area contributed by atoms with Gasteiger partial charge in [-0.05, 0) is 56.2 Å². The van der Waals surface area contributed by atoms with Gasteiger partial charge in [-0.1, -0.05) is 28.1 Å². The van der Waals surface area contributed by atoms with Gasteiger partial charge in [0.15, 0.2) is 0 Å². The maximum Gasteiger partial charge on any atom is 0.218 e. The van der Waals surface area contributed by atoms with Crippen LogP contribution in [0.3, 0.4) is 0 Å². The molecule has 1 amide bonds. The second-order valence-corrected chi connectivity index (χ2v) is 7.69. The fourth-order valence-electron chi connectivity index (χ4n) is 3.28. The summed E-state index contributed by atoms with van der Waals surface area (Å²) in [7, 11) is 0. The quantitative estimate of drug-likeness (QED) is 0.660. The van der Waals surface area contributed by atoms with Crippen LogP contribution < -0.4 is 9.80 Å². The second-order valence-electron chi connectivity index (χ2n) is 6.84. The van der Waals surface area contributed by atoms with Gasteiger partial charge in [0.25, 0.3) is 0 Å². The van der Waals surface area contributed by atoms with Crippen LogP contribution in [0, 0.1) is 6.92 Å². The topological polar surface area (TPSA) is 45.7 Å². The molecule has 3 rings (SSSR count). The Morgan fingerprint density at radius 2 is 1.96 bits per heavy atom. The molecular formula is C21H24BrN3O2. The van der Waals surface area contributed by atoms with E-state index in [1.807, 2.05) is 43.3 Å². The van der Waals surface area contributed by atoms with Gasteiger partial charge in [-0.25, -0.2) is 4.98 Å². The molecule has 1 fully saturated rings. The van der Waals surface area contributed by atoms with E-state index >= 15 is 0 Å². The van der Waals surface area contributed by atoms with Crippen LogP contribution in [0.2, 0.25) is 0 Å². The average molecular weight is 430 g/mol. The third-order valence-electron chi connectivity index (χ3n) is 4.56. The molecule has 5 nitrogen and oxygen atoms in total. The Labute approximate surface area is 168 Å². The Morgan fingerprint density at radius 3 is 2.56 bits per heavy atom. The molecule has 1 aliphatic rings. The Morgan fingerprint density at radius 1 is 1.22 bits per heavy atom. The number of aromatic nitrogens is 1. The first-order chi connectivity index (χ1) is 13.0. The summed E-state index contributed by atoms with van der Waals surface area (Å²) in [5.41, 5.74) is 2.91. The molecule has 0 radical (unpaired) electrons. The minimum Gasteiger partial charge on any atom is -0.372 e. The molecule has 2 aromatic rings. The van der Waals surface area contributed by atoms with E-state index < -0.39 is 0 Å². The summed E-state index contributed by atoms with van der Waals surface area (Å²) in [5, 5.41) is 0. The molecule has 2 unspecified atom stereocenters. The van der Waals surface area contributed by atoms with Gasteiger partial charge in [-0.15, -0.1) is 0 Å². The van der Waals surface area contributed by atoms with Crippen molar-refractivity contribution in [2.75, 3.05) is 22.9 Å². The zero-order valence-corrected chi connectivity index (χ0v) is 17.4. The highest BCUT2D eigenvalue weighted by Gasteiger charge is 2.23. The van der Waals surface area contributed by atoms with Crippen LogP contribution in [0.5, 0.6) is 0 Å². The Hall–Kier alpha value is -2.18. The van der Waals surface area contributed by atoms with Gasteiger partial charge in [0, 0.05) is 23.8 Å². The van der Waals surface area contributed by atoms with E-state index in [4.69, 9.17) is 4.74 Å². The zero-order valence-electron chi connectivity index (χ0n) is 15.8. The van der Waals surface area contributed by atoms with Crippen LogP contribution in [0.4, 0.5) is 11.5 Å². The van der Waals surface area contributed by atoms with Crippen molar-refractivity contribution in [1.82, 2.24) is 4.98 Å². The number of carbonyl (C=O) groups is 1. The van der Waals surface area contributed by atoms with Crippen molar-refractivity contribution in [3.63, 3.8) is 0 Å². The van der Waals surface area contributed by atoms with Crippen molar-refractivity contribution in [3.05, 3.63) is 58.3 Å². The first-order valence-electron chi connectivity index (χ1n) is 9.01. The predicted molar refractivity (Wildman–Crippen MR) is 113 cm³/mol. The lowest BCUT2D eigenvalue weighted by Crippen LogP contribution is -2.45. The maximum absolute atomic E-state index is 11.6. The molecule has 6 heteroatoms. The van der Waals surface area contributed by atoms with Crippen LogP contribution in [0.25, 0.3) is 6.08 Å². The highest BCUT2D eigenvalue weighted by Crippen LogP contribution is 2.24. The van der Waals surface area contributed by atoms with E-state index in [9.17, 15) is 4.79 Å². The number of pyridine rings is 1. The van der Waals surface area contributed by atoms with Gasteiger partial charge in [-0.3, -0.25) is 9.69 Å². The van der Waals surface area contributed by atoms with Crippen LogP contribution in [-0.2, 0) is 9.53 Å². The molecule has 1 aromatic heterocycles. The van der Waals surface area contributed by atoms with Gasteiger partial charge in [0.1, 0.15) is 5.82 Å². The van der Waals surface area contributed by atoms with Gasteiger partial charge < -0.3 is 9.64 Å². The number of morpholine rings is 1. The summed E-state index contributed by atoms with van der Waals surface area (Å²) in [4.78, 5) is 19.9. The Bertz CT molecular complexity index is 792. The number of carbonyl (C=O) groups excluding carboxylic acids is 1. The first-order valence-corrected chi connectivity index (χ1v) is 9.80. The van der Waals surface area contributed by atoms with Crippen molar-refractivity contribution in [2.45, 2.75) is 33.0 Å². The molecule has 0 saturated carbocycles. The van der Waals surface area contributed by atoms with Crippen molar-refractivity contribution >= 4 is 39.9 Å². The van der Waals surface area contributed by atoms with Gasteiger partial charge in [0.2, 0.25) is 6.41 Å². The SMILES string of the molecule is Cc1cccc(Br)c1/C=C\N(C=O)c1ccc(N2CC(C)OC(C)C2)nc1. The number of nitrogens with zero attached hydrogens (tertiary/aromatic N) is 3. The van der Waals surface area contributed by atoms with Crippen LogP contribution in [0.1, 0.15) is 25.0 Å². The van der Waals surface area contributed by atoms with Gasteiger partial charge in [0.05, 0.1) is 24.1 Å². The minimum atomic E-state index is 0.178. The van der Waals surface area contributed by atoms with Crippen molar-refractivity contribution in [2.24, 2.45) is 0 Å². The molecule has 2 atom stereocenters. The first kappa shape index (κ1) is 19.6. The molecule has 0 spiro atoms. The standard InChI is InChI=1S/C21H24BrN3O2/c1-15-5-4-6-20(22)19(15)9-10-24(14-26)18-7-8-21(23-11-18)25-12-16(2)27-17(3)13-25/h4-11,14,16-17H,12-13H2,1-3H3/b10-9-. The number of halogens is 1. The fraction of sp³-hybridized carbons (Fsp3) is 0.333. The third kappa shape index (κ3) is 4.76. The molecule has 1 aromatic carbocycles. The molecule has 142 valence electrons. The molecule has 0 bridgehead atoms. The number of benzene rings is 1. The number of anilines is 2. The summed E-state index contributed by atoms with van der Waals surface area (Å²) in [5.74, 6) is 0.900. The molecule has 2 heterocycles. The lowest BCUT2D eigenvalue weighted by molar-refractivity contribution is -0.106. The second kappa shape index (κ2) is 8.67. The third-order valence-corrected chi connectivity index (χ3v) is 5.25. The van der Waals surface area contributed by atoms with E-state index in [2.05, 4.69) is 39.7 Å². The highest BCUT2D eigenvalue weighted by molar-refractivity contribution is 9.10. The molecule has 27 heavy (non-hydrogen) atoms. The highest BCUT2D eigenvalue weighted by atomic mass is 79.9. The molecular weight excluding hydrogens is 406 g/mol. The number of ether oxygens (including phenoxy) is 1. The number of aryl methyl sites for hydroxylation is 1. The summed E-state index contributed by atoms with van der Waals surface area (Å²) < 4.78 is 6.77. The van der Waals surface area contributed by atoms with Gasteiger partial charge >= 0.3 is 0 Å². The van der Waals surface area contributed by atoms with E-state index in [-0.39, 0.29) is 12.2 Å². The van der Waals surface area contributed by atoms with Crippen LogP contribution in [0.15, 0.2) is 47.2 Å². The maximum atomic E-state index is 11.6. The number of hydrogen-bond acceptors (Lipinski definition) is 4. The smallest absolute Gasteiger partial charge is 0.218 e. The number of amides is 1. The van der Waals surface area contributed by atoms with Crippen LogP contribution in [-0.4, -0.2) is 36.7 Å². The van der Waals surface area contributed by atoms with Gasteiger partial charge in [-0.2, -0.15) is 0 Å². The van der Waals surface area contributed by atoms with E-state index in [0.717, 1.165) is 46.6 Å². The van der Waals surface area contributed by atoms with Crippen molar-refractivity contribution < 1.29 is 9.53 Å². The minimum absolute atomic E-state index is 0.178. The van der Waals surface area contributed by atoms with E-state index in [0.29, 0.717) is 0 Å². The molecule has 1 saturated heterocycles. The summed E-state index contributed by atoms with van der Waals surface area (Å²) in [6.07, 6.45) is 6.56. The summed E-state index contributed by atoms with van der Waals surface area (Å²) in [6.45, 7) is 7.81. The molecule has 1 aliphatic heterocycles. The van der Waals surface area contributed by atoms with E-state index in [1.54, 1.807) is 12.4 Å². The zero-order chi connectivity index (χ0) is 19.4. The van der Waals surface area contributed by atoms with Crippen molar-refractivity contribution in [1.29, 1.82) is 0 Å². The normalized spacial score (nSPS) is 20.1. The number of rotatable bonds is 5. The summed E-state index contributed by atoms with van der Waals surface area (Å²) in [6, 6.07) is 9.88. The molecule has 0 aliphatic carbocycles. The monoisotopic (exact) mass is 429 g/mol. The lowest BCUT2D eigenvalue weighted by Gasteiger charge is -2.36. The van der Waals surface area contributed by atoms with Crippen molar-refractivity contribution in [3.8, 4) is 0 Å². The fourth-order valence-corrected chi connectivity index (χ4v) is 3.87. The number of hydrogen-bond donors (Lipinski definition) is 0. The Kier molecular flexibility index (Phi) is 6.29. The largest absolute Gasteiger partial charge is 0.372 e. The molecule has 0 N–H and O–H groups in total. The summed E-state index contributed by atoms with van der Waals surface area (Å²) >= 11 is 3.55. The average Bonchev–Trinajstić information content (AvgIpc) is 2.64.